The average molecular weight is 405 g/mol. The van der Waals surface area contributed by atoms with Crippen molar-refractivity contribution in [3.63, 3.8) is 0 Å². The monoisotopic (exact) mass is 405 g/mol. The molecule has 0 saturated heterocycles. The molecule has 0 spiro atoms. The minimum absolute atomic E-state index is 0.0892. The molecule has 0 fully saturated rings. The second-order valence-corrected chi connectivity index (χ2v) is 6.23. The zero-order valence-electron chi connectivity index (χ0n) is 15.0. The van der Waals surface area contributed by atoms with Gasteiger partial charge in [0.2, 0.25) is 0 Å². The summed E-state index contributed by atoms with van der Waals surface area (Å²) in [6, 6.07) is 11.7. The molecule has 1 amide bonds. The molecule has 4 nitrogen and oxygen atoms in total. The van der Waals surface area contributed by atoms with E-state index in [1.807, 2.05) is 0 Å². The number of hydrogen-bond acceptors (Lipinski definition) is 3. The van der Waals surface area contributed by atoms with Gasteiger partial charge in [0, 0.05) is 11.8 Å². The van der Waals surface area contributed by atoms with Gasteiger partial charge in [-0.1, -0.05) is 6.07 Å². The van der Waals surface area contributed by atoms with E-state index >= 15 is 0 Å². The minimum atomic E-state index is -4.64. The summed E-state index contributed by atoms with van der Waals surface area (Å²) in [7, 11) is 0. The normalized spacial score (nSPS) is 11.2. The second kappa shape index (κ2) is 7.83. The summed E-state index contributed by atoms with van der Waals surface area (Å²) in [5, 5.41) is 12.0. The molecule has 2 N–H and O–H groups in total. The quantitative estimate of drug-likeness (QED) is 0.531. The lowest BCUT2D eigenvalue weighted by atomic mass is 10.1. The van der Waals surface area contributed by atoms with Crippen LogP contribution in [0, 0.1) is 12.7 Å². The highest BCUT2D eigenvalue weighted by Crippen LogP contribution is 2.36. The highest BCUT2D eigenvalue weighted by atomic mass is 19.4. The standard InChI is InChI=1S/C21H15F4NO3/c1-12-9-14(22)6-8-18(12)29-19-10-13(21(23,24)25)5-7-17(19)20(28)26-15-3-2-4-16(27)11-15/h2-11,27H,1H3,(H,26,28). The van der Waals surface area contributed by atoms with Gasteiger partial charge in [-0.2, -0.15) is 13.2 Å². The van der Waals surface area contributed by atoms with E-state index in [0.29, 0.717) is 11.6 Å². The molecule has 150 valence electrons. The maximum Gasteiger partial charge on any atom is 0.416 e. The average Bonchev–Trinajstić information content (AvgIpc) is 2.63. The first-order valence-electron chi connectivity index (χ1n) is 8.39. The van der Waals surface area contributed by atoms with Gasteiger partial charge in [-0.05, 0) is 61.0 Å². The van der Waals surface area contributed by atoms with Crippen molar-refractivity contribution < 1.29 is 32.2 Å². The van der Waals surface area contributed by atoms with Crippen molar-refractivity contribution in [2.45, 2.75) is 13.1 Å². The van der Waals surface area contributed by atoms with Crippen LogP contribution in [0.25, 0.3) is 0 Å². The van der Waals surface area contributed by atoms with E-state index in [4.69, 9.17) is 4.74 Å². The lowest BCUT2D eigenvalue weighted by molar-refractivity contribution is -0.137. The molecule has 0 saturated carbocycles. The first-order valence-corrected chi connectivity index (χ1v) is 8.39. The third kappa shape index (κ3) is 4.84. The Labute approximate surface area is 163 Å². The van der Waals surface area contributed by atoms with Crippen LogP contribution in [0.1, 0.15) is 21.5 Å². The van der Waals surface area contributed by atoms with Crippen LogP contribution in [0.2, 0.25) is 0 Å². The summed E-state index contributed by atoms with van der Waals surface area (Å²) >= 11 is 0. The Kier molecular flexibility index (Phi) is 5.45. The lowest BCUT2D eigenvalue weighted by Crippen LogP contribution is -2.14. The molecular weight excluding hydrogens is 390 g/mol. The smallest absolute Gasteiger partial charge is 0.416 e. The zero-order valence-corrected chi connectivity index (χ0v) is 15.0. The molecule has 0 aliphatic heterocycles. The molecule has 0 radical (unpaired) electrons. The van der Waals surface area contributed by atoms with Crippen LogP contribution in [0.3, 0.4) is 0 Å². The number of phenols is 1. The van der Waals surface area contributed by atoms with Gasteiger partial charge in [-0.15, -0.1) is 0 Å². The molecule has 3 aromatic rings. The van der Waals surface area contributed by atoms with E-state index in [-0.39, 0.29) is 28.5 Å². The molecule has 29 heavy (non-hydrogen) atoms. The van der Waals surface area contributed by atoms with Gasteiger partial charge in [-0.3, -0.25) is 4.79 Å². The first kappa shape index (κ1) is 20.2. The molecule has 3 aromatic carbocycles. The molecule has 0 atom stereocenters. The number of nitrogens with one attached hydrogen (secondary N) is 1. The first-order chi connectivity index (χ1) is 13.6. The van der Waals surface area contributed by atoms with Crippen LogP contribution < -0.4 is 10.1 Å². The third-order valence-corrected chi connectivity index (χ3v) is 4.01. The van der Waals surface area contributed by atoms with Crippen LogP contribution in [0.4, 0.5) is 23.2 Å². The fourth-order valence-electron chi connectivity index (χ4n) is 2.60. The maximum atomic E-state index is 13.3. The maximum absolute atomic E-state index is 13.3. The van der Waals surface area contributed by atoms with Crippen molar-refractivity contribution in [3.05, 3.63) is 83.2 Å². The third-order valence-electron chi connectivity index (χ3n) is 4.01. The number of anilines is 1. The fraction of sp³-hybridized carbons (Fsp3) is 0.0952. The number of carbonyl (C=O) groups is 1. The topological polar surface area (TPSA) is 58.6 Å². The van der Waals surface area contributed by atoms with Gasteiger partial charge in [-0.25, -0.2) is 4.39 Å². The van der Waals surface area contributed by atoms with E-state index in [9.17, 15) is 27.5 Å². The molecule has 8 heteroatoms. The van der Waals surface area contributed by atoms with E-state index < -0.39 is 23.5 Å². The Morgan fingerprint density at radius 1 is 1.00 bits per heavy atom. The van der Waals surface area contributed by atoms with Gasteiger partial charge in [0.05, 0.1) is 11.1 Å². The van der Waals surface area contributed by atoms with Gasteiger partial charge < -0.3 is 15.2 Å². The summed E-state index contributed by atoms with van der Waals surface area (Å²) in [6.45, 7) is 1.53. The summed E-state index contributed by atoms with van der Waals surface area (Å²) in [5.74, 6) is -1.59. The van der Waals surface area contributed by atoms with E-state index in [1.165, 1.54) is 37.3 Å². The number of alkyl halides is 3. The van der Waals surface area contributed by atoms with Crippen LogP contribution in [0.15, 0.2) is 60.7 Å². The number of aryl methyl sites for hydroxylation is 1. The molecule has 0 unspecified atom stereocenters. The number of rotatable bonds is 4. The SMILES string of the molecule is Cc1cc(F)ccc1Oc1cc(C(F)(F)F)ccc1C(=O)Nc1cccc(O)c1. The van der Waals surface area contributed by atoms with Gasteiger partial charge >= 0.3 is 6.18 Å². The predicted octanol–water partition coefficient (Wildman–Crippen LogP) is 5.90. The summed E-state index contributed by atoms with van der Waals surface area (Å²) in [4.78, 5) is 12.6. The van der Waals surface area contributed by atoms with Gasteiger partial charge in [0.15, 0.2) is 0 Å². The summed E-state index contributed by atoms with van der Waals surface area (Å²) in [6.07, 6.45) is -4.64. The predicted molar refractivity (Wildman–Crippen MR) is 98.7 cm³/mol. The Bertz CT molecular complexity index is 1060. The van der Waals surface area contributed by atoms with E-state index in [2.05, 4.69) is 5.32 Å². The fourth-order valence-corrected chi connectivity index (χ4v) is 2.60. The summed E-state index contributed by atoms with van der Waals surface area (Å²) < 4.78 is 58.2. The number of aromatic hydroxyl groups is 1. The highest BCUT2D eigenvalue weighted by molar-refractivity contribution is 6.06. The molecule has 3 rings (SSSR count). The highest BCUT2D eigenvalue weighted by Gasteiger charge is 2.32. The van der Waals surface area contributed by atoms with Crippen molar-refractivity contribution in [2.75, 3.05) is 5.32 Å². The number of ether oxygens (including phenoxy) is 1. The molecule has 0 bridgehead atoms. The Hall–Kier alpha value is -3.55. The van der Waals surface area contributed by atoms with Gasteiger partial charge in [0.25, 0.3) is 5.91 Å². The Morgan fingerprint density at radius 3 is 2.41 bits per heavy atom. The molecule has 0 aliphatic rings. The van der Waals surface area contributed by atoms with Crippen LogP contribution in [-0.4, -0.2) is 11.0 Å². The molecular formula is C21H15F4NO3. The minimum Gasteiger partial charge on any atom is -0.508 e. The Morgan fingerprint density at radius 2 is 1.76 bits per heavy atom. The number of amides is 1. The number of hydrogen-bond donors (Lipinski definition) is 2. The van der Waals surface area contributed by atoms with Crippen molar-refractivity contribution >= 4 is 11.6 Å². The lowest BCUT2D eigenvalue weighted by Gasteiger charge is -2.16. The van der Waals surface area contributed by atoms with Crippen molar-refractivity contribution in [2.24, 2.45) is 0 Å². The largest absolute Gasteiger partial charge is 0.508 e. The number of carbonyl (C=O) groups excluding carboxylic acids is 1. The molecule has 0 aliphatic carbocycles. The molecule has 0 aromatic heterocycles. The van der Waals surface area contributed by atoms with Crippen LogP contribution in [-0.2, 0) is 6.18 Å². The zero-order chi connectivity index (χ0) is 21.2. The van der Waals surface area contributed by atoms with E-state index in [0.717, 1.165) is 24.3 Å². The van der Waals surface area contributed by atoms with Gasteiger partial charge in [0.1, 0.15) is 23.1 Å². The van der Waals surface area contributed by atoms with Crippen LogP contribution in [0.5, 0.6) is 17.2 Å². The van der Waals surface area contributed by atoms with Crippen LogP contribution >= 0.6 is 0 Å². The molecule has 0 heterocycles. The van der Waals surface area contributed by atoms with Crippen molar-refractivity contribution in [1.29, 1.82) is 0 Å². The van der Waals surface area contributed by atoms with Crippen molar-refractivity contribution in [1.82, 2.24) is 0 Å². The number of phenolic OH excluding ortho intramolecular Hbond substituents is 1. The Balaban J connectivity index is 2.00. The van der Waals surface area contributed by atoms with Crippen molar-refractivity contribution in [3.8, 4) is 17.2 Å². The summed E-state index contributed by atoms with van der Waals surface area (Å²) in [5.41, 5.74) is -0.563. The van der Waals surface area contributed by atoms with E-state index in [1.54, 1.807) is 0 Å². The second-order valence-electron chi connectivity index (χ2n) is 6.23. The number of halogens is 4. The number of benzene rings is 3.